The van der Waals surface area contributed by atoms with Crippen molar-refractivity contribution >= 4 is 27.6 Å². The Morgan fingerprint density at radius 2 is 1.64 bits per heavy atom. The lowest BCUT2D eigenvalue weighted by Crippen LogP contribution is -2.21. The van der Waals surface area contributed by atoms with Gasteiger partial charge in [0.25, 0.3) is 0 Å². The number of fused-ring (bicyclic) bond motifs is 3. The van der Waals surface area contributed by atoms with Gasteiger partial charge in [-0.2, -0.15) is 0 Å². The number of aromatic nitrogens is 1. The number of ether oxygens (including phenoxy) is 2. The second-order valence-corrected chi connectivity index (χ2v) is 7.93. The third-order valence-corrected chi connectivity index (χ3v) is 5.52. The van der Waals surface area contributed by atoms with Crippen LogP contribution >= 0.6 is 0 Å². The fourth-order valence-electron chi connectivity index (χ4n) is 4.04. The Kier molecular flexibility index (Phi) is 4.61. The zero-order chi connectivity index (χ0) is 22.2. The van der Waals surface area contributed by atoms with Crippen molar-refractivity contribution in [2.75, 3.05) is 18.6 Å². The molecule has 0 amide bonds. The summed E-state index contributed by atoms with van der Waals surface area (Å²) in [6, 6.07) is 25.2. The summed E-state index contributed by atoms with van der Waals surface area (Å²) in [7, 11) is 2.05. The van der Waals surface area contributed by atoms with Crippen LogP contribution in [0.2, 0.25) is 0 Å². The van der Waals surface area contributed by atoms with Gasteiger partial charge in [-0.1, -0.05) is 30.3 Å². The summed E-state index contributed by atoms with van der Waals surface area (Å²) in [4.78, 5) is 8.53. The molecule has 0 radical (unpaired) electrons. The summed E-state index contributed by atoms with van der Waals surface area (Å²) in [5.74, 6) is 2.54. The van der Waals surface area contributed by atoms with E-state index in [1.54, 1.807) is 6.20 Å². The van der Waals surface area contributed by atoms with Crippen molar-refractivity contribution in [1.82, 2.24) is 9.88 Å². The predicted molar refractivity (Wildman–Crippen MR) is 129 cm³/mol. The van der Waals surface area contributed by atoms with E-state index in [4.69, 9.17) is 13.9 Å². The number of benzene rings is 3. The second kappa shape index (κ2) is 7.91. The quantitative estimate of drug-likeness (QED) is 0.304. The van der Waals surface area contributed by atoms with E-state index >= 15 is 0 Å². The number of furan rings is 1. The van der Waals surface area contributed by atoms with E-state index in [1.165, 1.54) is 0 Å². The normalized spacial score (nSPS) is 13.2. The highest BCUT2D eigenvalue weighted by atomic mass is 16.5. The molecule has 0 fully saturated rings. The van der Waals surface area contributed by atoms with Crippen LogP contribution in [0.4, 0.5) is 5.69 Å². The van der Waals surface area contributed by atoms with Crippen LogP contribution in [0.3, 0.4) is 0 Å². The molecule has 6 heteroatoms. The Balaban J connectivity index is 1.39. The Labute approximate surface area is 190 Å². The molecule has 1 aliphatic rings. The molecule has 1 aliphatic heterocycles. The maximum absolute atomic E-state index is 6.26. The first-order valence-electron chi connectivity index (χ1n) is 10.7. The number of pyridine rings is 1. The summed E-state index contributed by atoms with van der Waals surface area (Å²) in [5, 5.41) is 2.16. The molecule has 3 heterocycles. The molecule has 5 aromatic rings. The van der Waals surface area contributed by atoms with Crippen molar-refractivity contribution in [3.8, 4) is 23.1 Å². The minimum atomic E-state index is 0.533. The van der Waals surface area contributed by atoms with E-state index in [0.717, 1.165) is 34.3 Å². The Morgan fingerprint density at radius 3 is 2.45 bits per heavy atom. The van der Waals surface area contributed by atoms with Crippen LogP contribution in [0.1, 0.15) is 0 Å². The van der Waals surface area contributed by atoms with Crippen molar-refractivity contribution in [2.45, 2.75) is 0 Å². The van der Waals surface area contributed by atoms with Gasteiger partial charge in [-0.3, -0.25) is 0 Å². The highest BCUT2D eigenvalue weighted by Crippen LogP contribution is 2.41. The Bertz CT molecular complexity index is 1480. The summed E-state index contributed by atoms with van der Waals surface area (Å²) in [5.41, 5.74) is 2.68. The first kappa shape index (κ1) is 19.3. The molecule has 0 unspecified atom stereocenters. The minimum absolute atomic E-state index is 0.533. The molecule has 0 saturated carbocycles. The van der Waals surface area contributed by atoms with E-state index in [9.17, 15) is 0 Å². The van der Waals surface area contributed by atoms with E-state index in [2.05, 4.69) is 46.4 Å². The molecular weight excluding hydrogens is 414 g/mol. The summed E-state index contributed by atoms with van der Waals surface area (Å²) in [6.45, 7) is 0.755. The molecule has 3 aromatic carbocycles. The van der Waals surface area contributed by atoms with Gasteiger partial charge in [0.2, 0.25) is 5.88 Å². The zero-order valence-corrected chi connectivity index (χ0v) is 18.0. The van der Waals surface area contributed by atoms with Crippen molar-refractivity contribution in [1.29, 1.82) is 0 Å². The van der Waals surface area contributed by atoms with Crippen molar-refractivity contribution in [3.63, 3.8) is 0 Å². The number of anilines is 1. The van der Waals surface area contributed by atoms with Crippen LogP contribution in [-0.2, 0) is 0 Å². The smallest absolute Gasteiger partial charge is 0.219 e. The van der Waals surface area contributed by atoms with Crippen LogP contribution in [0, 0.1) is 0 Å². The van der Waals surface area contributed by atoms with Gasteiger partial charge >= 0.3 is 0 Å². The standard InChI is InChI=1S/C27H21N3O3/c1-29-13-14-30(18-29)23-16-21(17-25-27(23)22-9-2-3-10-24(22)33-25)31-19-7-6-8-20(15-19)32-26-11-4-5-12-28-26/h2-17H,18H2,1H3. The number of rotatable bonds is 5. The number of nitrogens with zero attached hydrogens (tertiary/aromatic N) is 3. The first-order valence-corrected chi connectivity index (χ1v) is 10.7. The van der Waals surface area contributed by atoms with E-state index < -0.39 is 0 Å². The molecule has 0 saturated heterocycles. The van der Waals surface area contributed by atoms with Gasteiger partial charge in [-0.05, 0) is 24.3 Å². The van der Waals surface area contributed by atoms with Crippen LogP contribution in [0.25, 0.3) is 21.9 Å². The van der Waals surface area contributed by atoms with Crippen LogP contribution in [0.5, 0.6) is 23.1 Å². The first-order chi connectivity index (χ1) is 16.2. The number of para-hydroxylation sites is 1. The Morgan fingerprint density at radius 1 is 0.788 bits per heavy atom. The molecule has 2 aromatic heterocycles. The van der Waals surface area contributed by atoms with Crippen LogP contribution in [0.15, 0.2) is 102 Å². The highest BCUT2D eigenvalue weighted by molar-refractivity contribution is 6.12. The molecule has 162 valence electrons. The summed E-state index contributed by atoms with van der Waals surface area (Å²) in [6.07, 6.45) is 5.83. The van der Waals surface area contributed by atoms with E-state index in [1.807, 2.05) is 66.7 Å². The minimum Gasteiger partial charge on any atom is -0.457 e. The highest BCUT2D eigenvalue weighted by Gasteiger charge is 2.20. The molecule has 6 rings (SSSR count). The molecule has 0 atom stereocenters. The van der Waals surface area contributed by atoms with E-state index in [0.29, 0.717) is 23.1 Å². The molecule has 0 bridgehead atoms. The number of hydrogen-bond donors (Lipinski definition) is 0. The molecule has 6 nitrogen and oxygen atoms in total. The van der Waals surface area contributed by atoms with Gasteiger partial charge in [-0.25, -0.2) is 4.98 Å². The van der Waals surface area contributed by atoms with Crippen molar-refractivity contribution < 1.29 is 13.9 Å². The van der Waals surface area contributed by atoms with Gasteiger partial charge in [0.1, 0.15) is 28.4 Å². The lowest BCUT2D eigenvalue weighted by atomic mass is 10.1. The van der Waals surface area contributed by atoms with Crippen molar-refractivity contribution in [3.05, 3.63) is 97.5 Å². The maximum Gasteiger partial charge on any atom is 0.219 e. The summed E-state index contributed by atoms with van der Waals surface area (Å²) < 4.78 is 18.3. The number of hydrogen-bond acceptors (Lipinski definition) is 6. The van der Waals surface area contributed by atoms with Crippen molar-refractivity contribution in [2.24, 2.45) is 0 Å². The molecular formula is C27H21N3O3. The van der Waals surface area contributed by atoms with Crippen LogP contribution in [-0.4, -0.2) is 23.6 Å². The van der Waals surface area contributed by atoms with Crippen LogP contribution < -0.4 is 14.4 Å². The lowest BCUT2D eigenvalue weighted by Gasteiger charge is -2.20. The monoisotopic (exact) mass is 435 g/mol. The van der Waals surface area contributed by atoms with E-state index in [-0.39, 0.29) is 0 Å². The third kappa shape index (κ3) is 3.72. The second-order valence-electron chi connectivity index (χ2n) is 7.93. The average molecular weight is 435 g/mol. The van der Waals surface area contributed by atoms with Gasteiger partial charge in [0.15, 0.2) is 0 Å². The molecule has 33 heavy (non-hydrogen) atoms. The van der Waals surface area contributed by atoms with Gasteiger partial charge < -0.3 is 23.7 Å². The lowest BCUT2D eigenvalue weighted by molar-refractivity contribution is 0.449. The topological polar surface area (TPSA) is 51.0 Å². The Hall–Kier alpha value is -4.45. The average Bonchev–Trinajstić information content (AvgIpc) is 3.43. The maximum atomic E-state index is 6.26. The van der Waals surface area contributed by atoms with Gasteiger partial charge in [0, 0.05) is 55.3 Å². The van der Waals surface area contributed by atoms with Gasteiger partial charge in [0.05, 0.1) is 17.7 Å². The van der Waals surface area contributed by atoms with Gasteiger partial charge in [-0.15, -0.1) is 0 Å². The summed E-state index contributed by atoms with van der Waals surface area (Å²) >= 11 is 0. The SMILES string of the molecule is CN1C=CN(c2cc(Oc3cccc(Oc4ccccn4)c3)cc3oc4ccccc4c23)C1. The zero-order valence-electron chi connectivity index (χ0n) is 18.0. The molecule has 0 aliphatic carbocycles. The predicted octanol–water partition coefficient (Wildman–Crippen LogP) is 6.75. The fourth-order valence-corrected chi connectivity index (χ4v) is 4.04. The largest absolute Gasteiger partial charge is 0.457 e. The molecule has 0 N–H and O–H groups in total. The fraction of sp³-hybridized carbons (Fsp3) is 0.0741. The molecule has 0 spiro atoms. The third-order valence-electron chi connectivity index (χ3n) is 5.52.